The van der Waals surface area contributed by atoms with Crippen LogP contribution in [0.3, 0.4) is 0 Å². The van der Waals surface area contributed by atoms with Crippen molar-refractivity contribution in [2.75, 3.05) is 13.1 Å². The van der Waals surface area contributed by atoms with Gasteiger partial charge in [-0.1, -0.05) is 30.7 Å². The molecule has 0 radical (unpaired) electrons. The van der Waals surface area contributed by atoms with E-state index in [0.29, 0.717) is 6.04 Å². The summed E-state index contributed by atoms with van der Waals surface area (Å²) in [6.45, 7) is 6.04. The van der Waals surface area contributed by atoms with Crippen molar-refractivity contribution in [3.05, 3.63) is 34.9 Å². The van der Waals surface area contributed by atoms with Crippen LogP contribution in [0.2, 0.25) is 5.02 Å². The van der Waals surface area contributed by atoms with Crippen LogP contribution >= 0.6 is 35.6 Å². The van der Waals surface area contributed by atoms with Crippen LogP contribution in [0.1, 0.15) is 25.8 Å². The minimum Gasteiger partial charge on any atom is -0.357 e. The number of hydrogen-bond donors (Lipinski definition) is 2. The summed E-state index contributed by atoms with van der Waals surface area (Å²) >= 11 is 5.87. The fourth-order valence-electron chi connectivity index (χ4n) is 1.97. The van der Waals surface area contributed by atoms with Crippen LogP contribution in [0.5, 0.6) is 0 Å². The van der Waals surface area contributed by atoms with Crippen molar-refractivity contribution in [3.8, 4) is 0 Å². The lowest BCUT2D eigenvalue weighted by molar-refractivity contribution is 0.765. The molecule has 0 heterocycles. The van der Waals surface area contributed by atoms with Gasteiger partial charge in [-0.25, -0.2) is 0 Å². The Morgan fingerprint density at radius 3 is 2.55 bits per heavy atom. The first kappa shape index (κ1) is 17.6. The molecule has 0 aliphatic heterocycles. The lowest BCUT2D eigenvalue weighted by Gasteiger charge is -2.10. The van der Waals surface area contributed by atoms with Gasteiger partial charge in [0.1, 0.15) is 0 Å². The van der Waals surface area contributed by atoms with Crippen LogP contribution in [0.15, 0.2) is 29.3 Å². The number of nitrogens with one attached hydrogen (secondary N) is 2. The molecule has 5 heteroatoms. The van der Waals surface area contributed by atoms with Crippen molar-refractivity contribution in [3.63, 3.8) is 0 Å². The Morgan fingerprint density at radius 2 is 2.00 bits per heavy atom. The first-order valence-electron chi connectivity index (χ1n) is 6.98. The van der Waals surface area contributed by atoms with Crippen molar-refractivity contribution in [1.29, 1.82) is 0 Å². The highest BCUT2D eigenvalue weighted by Crippen LogP contribution is 2.28. The van der Waals surface area contributed by atoms with E-state index in [-0.39, 0.29) is 24.0 Å². The van der Waals surface area contributed by atoms with Crippen LogP contribution in [0.25, 0.3) is 0 Å². The fourth-order valence-corrected chi connectivity index (χ4v) is 2.09. The fraction of sp³-hybridized carbons (Fsp3) is 0.533. The van der Waals surface area contributed by atoms with Gasteiger partial charge in [0.2, 0.25) is 0 Å². The van der Waals surface area contributed by atoms with Crippen LogP contribution in [-0.4, -0.2) is 25.1 Å². The summed E-state index contributed by atoms with van der Waals surface area (Å²) in [6.07, 6.45) is 2.19. The average molecular weight is 408 g/mol. The van der Waals surface area contributed by atoms with Gasteiger partial charge >= 0.3 is 0 Å². The van der Waals surface area contributed by atoms with E-state index >= 15 is 0 Å². The van der Waals surface area contributed by atoms with Crippen molar-refractivity contribution in [1.82, 2.24) is 10.6 Å². The van der Waals surface area contributed by atoms with E-state index in [2.05, 4.69) is 41.6 Å². The minimum absolute atomic E-state index is 0. The van der Waals surface area contributed by atoms with E-state index in [4.69, 9.17) is 11.6 Å². The minimum atomic E-state index is 0. The molecule has 0 bridgehead atoms. The third kappa shape index (κ3) is 5.87. The molecule has 0 saturated heterocycles. The van der Waals surface area contributed by atoms with E-state index in [0.717, 1.165) is 36.4 Å². The maximum Gasteiger partial charge on any atom is 0.191 e. The Labute approximate surface area is 143 Å². The quantitative estimate of drug-likeness (QED) is 0.445. The molecule has 1 aliphatic carbocycles. The molecule has 2 rings (SSSR count). The molecule has 3 nitrogen and oxygen atoms in total. The molecule has 0 aromatic heterocycles. The molecule has 2 unspecified atom stereocenters. The second-order valence-electron chi connectivity index (χ2n) is 5.10. The van der Waals surface area contributed by atoms with E-state index in [1.165, 1.54) is 12.0 Å². The molecule has 1 fully saturated rings. The lowest BCUT2D eigenvalue weighted by Crippen LogP contribution is -2.39. The Bertz CT molecular complexity index is 433. The highest BCUT2D eigenvalue weighted by molar-refractivity contribution is 14.0. The summed E-state index contributed by atoms with van der Waals surface area (Å²) in [5, 5.41) is 7.52. The zero-order valence-electron chi connectivity index (χ0n) is 12.0. The highest BCUT2D eigenvalue weighted by Gasteiger charge is 2.33. The highest BCUT2D eigenvalue weighted by atomic mass is 127. The summed E-state index contributed by atoms with van der Waals surface area (Å²) in [5.74, 6) is 1.71. The van der Waals surface area contributed by atoms with Gasteiger partial charge in [0.05, 0.1) is 0 Å². The maximum absolute atomic E-state index is 5.87. The monoisotopic (exact) mass is 407 g/mol. The Morgan fingerprint density at radius 1 is 1.35 bits per heavy atom. The molecule has 2 atom stereocenters. The molecule has 1 aromatic rings. The zero-order valence-corrected chi connectivity index (χ0v) is 15.1. The van der Waals surface area contributed by atoms with Gasteiger partial charge in [-0.15, -0.1) is 24.0 Å². The first-order valence-corrected chi connectivity index (χ1v) is 7.36. The SMILES string of the molecule is CCNC(=NCCc1ccc(Cl)cc1)NC1CC1C.I. The molecule has 1 aliphatic rings. The molecular weight excluding hydrogens is 385 g/mol. The Hall–Kier alpha value is -0.490. The third-order valence-electron chi connectivity index (χ3n) is 3.36. The van der Waals surface area contributed by atoms with Crippen LogP contribution in [0, 0.1) is 5.92 Å². The van der Waals surface area contributed by atoms with Gasteiger partial charge in [-0.3, -0.25) is 4.99 Å². The second-order valence-corrected chi connectivity index (χ2v) is 5.54. The van der Waals surface area contributed by atoms with Gasteiger partial charge in [0.15, 0.2) is 5.96 Å². The largest absolute Gasteiger partial charge is 0.357 e. The molecule has 0 spiro atoms. The lowest BCUT2D eigenvalue weighted by atomic mass is 10.1. The van der Waals surface area contributed by atoms with E-state index < -0.39 is 0 Å². The number of benzene rings is 1. The predicted octanol–water partition coefficient (Wildman–Crippen LogP) is 3.46. The molecule has 2 N–H and O–H groups in total. The normalized spacial score (nSPS) is 21.1. The van der Waals surface area contributed by atoms with Gasteiger partial charge < -0.3 is 10.6 Å². The van der Waals surface area contributed by atoms with Crippen molar-refractivity contribution in [2.45, 2.75) is 32.7 Å². The summed E-state index contributed by atoms with van der Waals surface area (Å²) in [6, 6.07) is 8.57. The smallest absolute Gasteiger partial charge is 0.191 e. The third-order valence-corrected chi connectivity index (χ3v) is 3.61. The molecule has 1 saturated carbocycles. The van der Waals surface area contributed by atoms with Crippen LogP contribution in [-0.2, 0) is 6.42 Å². The number of rotatable bonds is 5. The average Bonchev–Trinajstić information content (AvgIpc) is 3.07. The Kier molecular flexibility index (Phi) is 7.66. The number of hydrogen-bond acceptors (Lipinski definition) is 1. The first-order chi connectivity index (χ1) is 9.19. The zero-order chi connectivity index (χ0) is 13.7. The molecule has 0 amide bonds. The molecule has 1 aromatic carbocycles. The van der Waals surface area contributed by atoms with Crippen LogP contribution < -0.4 is 10.6 Å². The Balaban J connectivity index is 0.00000200. The van der Waals surface area contributed by atoms with E-state index in [9.17, 15) is 0 Å². The summed E-state index contributed by atoms with van der Waals surface area (Å²) in [7, 11) is 0. The van der Waals surface area contributed by atoms with E-state index in [1.807, 2.05) is 12.1 Å². The molecule has 112 valence electrons. The standard InChI is InChI=1S/C15H22ClN3.HI/c1-3-17-15(19-14-10-11(14)2)18-9-8-12-4-6-13(16)7-5-12;/h4-7,11,14H,3,8-10H2,1-2H3,(H2,17,18,19);1H. The summed E-state index contributed by atoms with van der Waals surface area (Å²) < 4.78 is 0. The van der Waals surface area contributed by atoms with E-state index in [1.54, 1.807) is 0 Å². The van der Waals surface area contributed by atoms with Gasteiger partial charge in [0, 0.05) is 24.2 Å². The summed E-state index contributed by atoms with van der Waals surface area (Å²) in [4.78, 5) is 4.61. The molecule has 20 heavy (non-hydrogen) atoms. The van der Waals surface area contributed by atoms with Crippen molar-refractivity contribution in [2.24, 2.45) is 10.9 Å². The topological polar surface area (TPSA) is 36.4 Å². The number of aliphatic imine (C=N–C) groups is 1. The number of halogens is 2. The summed E-state index contributed by atoms with van der Waals surface area (Å²) in [5.41, 5.74) is 1.27. The van der Waals surface area contributed by atoms with Crippen molar-refractivity contribution >= 4 is 41.5 Å². The second kappa shape index (κ2) is 8.72. The predicted molar refractivity (Wildman–Crippen MR) is 97.3 cm³/mol. The number of nitrogens with zero attached hydrogens (tertiary/aromatic N) is 1. The maximum atomic E-state index is 5.87. The number of guanidine groups is 1. The van der Waals surface area contributed by atoms with Crippen molar-refractivity contribution < 1.29 is 0 Å². The van der Waals surface area contributed by atoms with Gasteiger partial charge in [-0.2, -0.15) is 0 Å². The van der Waals surface area contributed by atoms with Gasteiger partial charge in [-0.05, 0) is 43.4 Å². The van der Waals surface area contributed by atoms with Crippen LogP contribution in [0.4, 0.5) is 0 Å². The van der Waals surface area contributed by atoms with Gasteiger partial charge in [0.25, 0.3) is 0 Å². The molecular formula is C15H23ClIN3.